The highest BCUT2D eigenvalue weighted by Crippen LogP contribution is 2.33. The molecule has 0 bridgehead atoms. The summed E-state index contributed by atoms with van der Waals surface area (Å²) in [5.41, 5.74) is 3.60. The molecule has 178 valence electrons. The van der Waals surface area contributed by atoms with Crippen LogP contribution in [-0.4, -0.2) is 20.6 Å². The van der Waals surface area contributed by atoms with Gasteiger partial charge in [0.05, 0.1) is 4.92 Å². The van der Waals surface area contributed by atoms with Crippen LogP contribution in [0, 0.1) is 30.9 Å². The number of hydrogen-bond acceptors (Lipinski definition) is 6. The number of ether oxygens (including phenoxy) is 1. The van der Waals surface area contributed by atoms with Crippen LogP contribution in [0.2, 0.25) is 0 Å². The Morgan fingerprint density at radius 3 is 2.49 bits per heavy atom. The molecule has 35 heavy (non-hydrogen) atoms. The van der Waals surface area contributed by atoms with Crippen LogP contribution in [0.4, 0.5) is 11.4 Å². The Morgan fingerprint density at radius 2 is 1.74 bits per heavy atom. The molecule has 0 aliphatic rings. The van der Waals surface area contributed by atoms with Crippen molar-refractivity contribution in [3.05, 3.63) is 105 Å². The molecule has 3 aromatic carbocycles. The summed E-state index contributed by atoms with van der Waals surface area (Å²) in [5.74, 6) is 0.281. The van der Waals surface area contributed by atoms with E-state index in [0.717, 1.165) is 27.3 Å². The number of carbonyl (C=O) groups is 1. The fourth-order valence-corrected chi connectivity index (χ4v) is 4.22. The Balaban J connectivity index is 1.46. The van der Waals surface area contributed by atoms with Gasteiger partial charge in [-0.15, -0.1) is 0 Å². The Kier molecular flexibility index (Phi) is 7.17. The Labute approximate surface area is 207 Å². The van der Waals surface area contributed by atoms with Gasteiger partial charge in [0.25, 0.3) is 11.6 Å². The summed E-state index contributed by atoms with van der Waals surface area (Å²) < 4.78 is 7.34. The molecule has 8 nitrogen and oxygen atoms in total. The minimum Gasteiger partial charge on any atom is -0.471 e. The minimum absolute atomic E-state index is 0.107. The van der Waals surface area contributed by atoms with Crippen molar-refractivity contribution < 1.29 is 14.5 Å². The molecule has 4 rings (SSSR count). The van der Waals surface area contributed by atoms with Crippen molar-refractivity contribution >= 4 is 29.0 Å². The number of carbonyl (C=O) groups excluding carboxylic acids is 1. The van der Waals surface area contributed by atoms with Gasteiger partial charge in [0.1, 0.15) is 5.75 Å². The first kappa shape index (κ1) is 24.0. The van der Waals surface area contributed by atoms with Gasteiger partial charge in [0.2, 0.25) is 0 Å². The summed E-state index contributed by atoms with van der Waals surface area (Å²) in [6.07, 6.45) is 1.64. The van der Waals surface area contributed by atoms with E-state index in [1.54, 1.807) is 18.3 Å². The van der Waals surface area contributed by atoms with Crippen molar-refractivity contribution in [3.8, 4) is 5.75 Å². The van der Waals surface area contributed by atoms with E-state index in [2.05, 4.69) is 10.4 Å². The number of nitro benzene ring substituents is 1. The highest BCUT2D eigenvalue weighted by Gasteiger charge is 2.15. The van der Waals surface area contributed by atoms with E-state index in [1.165, 1.54) is 28.6 Å². The second-order valence-corrected chi connectivity index (χ2v) is 9.27. The number of nitrogens with one attached hydrogen (secondary N) is 1. The molecule has 9 heteroatoms. The van der Waals surface area contributed by atoms with E-state index in [4.69, 9.17) is 4.74 Å². The zero-order chi connectivity index (χ0) is 24.9. The van der Waals surface area contributed by atoms with E-state index >= 15 is 0 Å². The summed E-state index contributed by atoms with van der Waals surface area (Å²) in [7, 11) is 0. The van der Waals surface area contributed by atoms with Crippen molar-refractivity contribution in [2.45, 2.75) is 37.3 Å². The SMILES string of the molecule is Cc1ccc(Sc2cc(NC(=O)c3ccn(COc4cc(C)ccc4C)n3)cc([N+](=O)[O-])c2)cc1. The molecule has 0 saturated carbocycles. The molecule has 0 unspecified atom stereocenters. The number of nitro groups is 1. The van der Waals surface area contributed by atoms with Crippen molar-refractivity contribution in [1.29, 1.82) is 0 Å². The first-order chi connectivity index (χ1) is 16.8. The lowest BCUT2D eigenvalue weighted by atomic mass is 10.1. The number of aromatic nitrogens is 2. The monoisotopic (exact) mass is 488 g/mol. The summed E-state index contributed by atoms with van der Waals surface area (Å²) >= 11 is 1.38. The Hall–Kier alpha value is -4.11. The fourth-order valence-electron chi connectivity index (χ4n) is 3.31. The topological polar surface area (TPSA) is 99.3 Å². The third-order valence-corrected chi connectivity index (χ3v) is 6.17. The molecular formula is C26H24N4O4S. The van der Waals surface area contributed by atoms with Crippen LogP contribution in [0.1, 0.15) is 27.2 Å². The highest BCUT2D eigenvalue weighted by atomic mass is 32.2. The van der Waals surface area contributed by atoms with Gasteiger partial charge in [0.15, 0.2) is 12.4 Å². The quantitative estimate of drug-likeness (QED) is 0.236. The second kappa shape index (κ2) is 10.4. The lowest BCUT2D eigenvalue weighted by Crippen LogP contribution is -2.14. The second-order valence-electron chi connectivity index (χ2n) is 8.12. The maximum atomic E-state index is 12.8. The van der Waals surface area contributed by atoms with E-state index in [0.29, 0.717) is 10.6 Å². The van der Waals surface area contributed by atoms with Crippen LogP contribution in [0.25, 0.3) is 0 Å². The van der Waals surface area contributed by atoms with Gasteiger partial charge in [0, 0.05) is 33.8 Å². The van der Waals surface area contributed by atoms with Crippen LogP contribution in [-0.2, 0) is 6.73 Å². The number of nitrogens with zero attached hydrogens (tertiary/aromatic N) is 3. The highest BCUT2D eigenvalue weighted by molar-refractivity contribution is 7.99. The number of hydrogen-bond donors (Lipinski definition) is 1. The van der Waals surface area contributed by atoms with Crippen molar-refractivity contribution in [2.24, 2.45) is 0 Å². The summed E-state index contributed by atoms with van der Waals surface area (Å²) in [6, 6.07) is 19.9. The zero-order valence-corrected chi connectivity index (χ0v) is 20.3. The predicted molar refractivity (Wildman–Crippen MR) is 135 cm³/mol. The van der Waals surface area contributed by atoms with E-state index in [1.807, 2.05) is 63.2 Å². The average molecular weight is 489 g/mol. The van der Waals surface area contributed by atoms with E-state index in [9.17, 15) is 14.9 Å². The Morgan fingerprint density at radius 1 is 1.00 bits per heavy atom. The number of aryl methyl sites for hydroxylation is 3. The molecule has 0 aliphatic heterocycles. The third-order valence-electron chi connectivity index (χ3n) is 5.19. The summed E-state index contributed by atoms with van der Waals surface area (Å²) in [6.45, 7) is 6.08. The largest absolute Gasteiger partial charge is 0.471 e. The maximum absolute atomic E-state index is 12.8. The standard InChI is InChI=1S/C26H24N4O4S/c1-17-5-8-22(9-6-17)35-23-14-20(13-21(15-23)30(32)33)27-26(31)24-10-11-29(28-24)16-34-25-12-18(2)4-7-19(25)3/h4-15H,16H2,1-3H3,(H,27,31). The molecule has 1 N–H and O–H groups in total. The molecule has 4 aromatic rings. The molecule has 0 spiro atoms. The third kappa shape index (κ3) is 6.27. The number of amides is 1. The smallest absolute Gasteiger partial charge is 0.276 e. The predicted octanol–water partition coefficient (Wildman–Crippen LogP) is 6.16. The number of rotatable bonds is 8. The maximum Gasteiger partial charge on any atom is 0.276 e. The molecule has 0 atom stereocenters. The van der Waals surface area contributed by atoms with Crippen LogP contribution in [0.15, 0.2) is 82.7 Å². The van der Waals surface area contributed by atoms with Gasteiger partial charge >= 0.3 is 0 Å². The normalized spacial score (nSPS) is 10.7. The molecular weight excluding hydrogens is 464 g/mol. The van der Waals surface area contributed by atoms with Gasteiger partial charge in [-0.1, -0.05) is 41.6 Å². The van der Waals surface area contributed by atoms with Crippen LogP contribution < -0.4 is 10.1 Å². The number of anilines is 1. The minimum atomic E-state index is -0.478. The van der Waals surface area contributed by atoms with Crippen LogP contribution in [0.3, 0.4) is 0 Å². The molecule has 0 fully saturated rings. The first-order valence-electron chi connectivity index (χ1n) is 10.9. The lowest BCUT2D eigenvalue weighted by Gasteiger charge is -2.10. The van der Waals surface area contributed by atoms with Gasteiger partial charge in [-0.2, -0.15) is 5.10 Å². The van der Waals surface area contributed by atoms with E-state index in [-0.39, 0.29) is 18.1 Å². The fraction of sp³-hybridized carbons (Fsp3) is 0.154. The summed E-state index contributed by atoms with van der Waals surface area (Å²) in [4.78, 5) is 25.3. The van der Waals surface area contributed by atoms with Gasteiger partial charge in [-0.05, 0) is 62.2 Å². The van der Waals surface area contributed by atoms with Crippen molar-refractivity contribution in [3.63, 3.8) is 0 Å². The van der Waals surface area contributed by atoms with Crippen LogP contribution >= 0.6 is 11.8 Å². The zero-order valence-electron chi connectivity index (χ0n) is 19.5. The molecule has 0 saturated heterocycles. The average Bonchev–Trinajstić information content (AvgIpc) is 3.30. The van der Waals surface area contributed by atoms with Gasteiger partial charge in [-0.25, -0.2) is 4.68 Å². The number of benzene rings is 3. The van der Waals surface area contributed by atoms with Gasteiger partial charge < -0.3 is 10.1 Å². The molecule has 1 amide bonds. The molecule has 1 aromatic heterocycles. The molecule has 1 heterocycles. The molecule has 0 aliphatic carbocycles. The van der Waals surface area contributed by atoms with Gasteiger partial charge in [-0.3, -0.25) is 14.9 Å². The first-order valence-corrected chi connectivity index (χ1v) is 11.7. The van der Waals surface area contributed by atoms with E-state index < -0.39 is 10.8 Å². The number of non-ortho nitro benzene ring substituents is 1. The Bertz CT molecular complexity index is 1380. The summed E-state index contributed by atoms with van der Waals surface area (Å²) in [5, 5.41) is 18.4. The van der Waals surface area contributed by atoms with Crippen molar-refractivity contribution in [2.75, 3.05) is 5.32 Å². The lowest BCUT2D eigenvalue weighted by molar-refractivity contribution is -0.385. The molecule has 0 radical (unpaired) electrons. The van der Waals surface area contributed by atoms with Crippen LogP contribution in [0.5, 0.6) is 5.75 Å². The van der Waals surface area contributed by atoms with Crippen molar-refractivity contribution in [1.82, 2.24) is 9.78 Å².